The van der Waals surface area contributed by atoms with Gasteiger partial charge in [0, 0.05) is 5.69 Å². The molecule has 2 aromatic carbocycles. The molecule has 0 saturated carbocycles. The van der Waals surface area contributed by atoms with E-state index in [9.17, 15) is 19.2 Å². The highest BCUT2D eigenvalue weighted by molar-refractivity contribution is 6.10. The van der Waals surface area contributed by atoms with Gasteiger partial charge in [0.1, 0.15) is 17.8 Å². The number of ether oxygens (including phenoxy) is 2. The second kappa shape index (κ2) is 11.0. The van der Waals surface area contributed by atoms with Crippen molar-refractivity contribution in [3.8, 4) is 5.75 Å². The molecule has 9 nitrogen and oxygen atoms in total. The number of nitrogens with zero attached hydrogens (tertiary/aromatic N) is 1. The largest absolute Gasteiger partial charge is 0.494 e. The number of benzene rings is 2. The lowest BCUT2D eigenvalue weighted by Crippen LogP contribution is -2.42. The summed E-state index contributed by atoms with van der Waals surface area (Å²) in [6.45, 7) is 7.97. The fourth-order valence-corrected chi connectivity index (χ4v) is 3.58. The molecular formula is C26H31N3O6. The Kier molecular flexibility index (Phi) is 8.11. The van der Waals surface area contributed by atoms with Crippen molar-refractivity contribution in [3.63, 3.8) is 0 Å². The van der Waals surface area contributed by atoms with Crippen LogP contribution < -0.4 is 15.4 Å². The van der Waals surface area contributed by atoms with E-state index in [-0.39, 0.29) is 6.61 Å². The van der Waals surface area contributed by atoms with Gasteiger partial charge in [0.15, 0.2) is 0 Å². The summed E-state index contributed by atoms with van der Waals surface area (Å²) >= 11 is 0. The van der Waals surface area contributed by atoms with Crippen LogP contribution in [-0.2, 0) is 19.9 Å². The van der Waals surface area contributed by atoms with Gasteiger partial charge < -0.3 is 20.1 Å². The maximum absolute atomic E-state index is 13.1. The molecule has 1 aliphatic rings. The summed E-state index contributed by atoms with van der Waals surface area (Å²) in [5.74, 6) is -0.315. The molecule has 0 bridgehead atoms. The smallest absolute Gasteiger partial charge is 0.338 e. The van der Waals surface area contributed by atoms with Crippen LogP contribution in [0.2, 0.25) is 0 Å². The lowest BCUT2D eigenvalue weighted by atomic mass is 9.92. The molecule has 1 fully saturated rings. The lowest BCUT2D eigenvalue weighted by Gasteiger charge is -2.22. The van der Waals surface area contributed by atoms with E-state index < -0.39 is 35.9 Å². The van der Waals surface area contributed by atoms with Crippen LogP contribution in [-0.4, -0.2) is 48.5 Å². The van der Waals surface area contributed by atoms with Crippen molar-refractivity contribution in [2.75, 3.05) is 25.1 Å². The number of hydrogen-bond acceptors (Lipinski definition) is 6. The van der Waals surface area contributed by atoms with Crippen LogP contribution in [0.25, 0.3) is 0 Å². The first-order valence-electron chi connectivity index (χ1n) is 11.6. The SMILES string of the molecule is CCOC(=O)c1ccc(NC(=O)CN2C(=O)N[C@@](C)(c3ccc(OCCC(C)C)cc3)C2=O)cc1. The maximum Gasteiger partial charge on any atom is 0.338 e. The van der Waals surface area contributed by atoms with E-state index in [1.54, 1.807) is 50.2 Å². The third-order valence-electron chi connectivity index (χ3n) is 5.65. The minimum Gasteiger partial charge on any atom is -0.494 e. The van der Waals surface area contributed by atoms with Crippen molar-refractivity contribution in [3.05, 3.63) is 59.7 Å². The van der Waals surface area contributed by atoms with Crippen LogP contribution in [0.3, 0.4) is 0 Å². The third-order valence-corrected chi connectivity index (χ3v) is 5.65. The zero-order chi connectivity index (χ0) is 25.6. The number of urea groups is 1. The highest BCUT2D eigenvalue weighted by atomic mass is 16.5. The first-order valence-corrected chi connectivity index (χ1v) is 11.6. The van der Waals surface area contributed by atoms with Crippen molar-refractivity contribution in [1.29, 1.82) is 0 Å². The third kappa shape index (κ3) is 6.17. The van der Waals surface area contributed by atoms with E-state index in [0.717, 1.165) is 11.3 Å². The Hall–Kier alpha value is -3.88. The van der Waals surface area contributed by atoms with Crippen LogP contribution in [0, 0.1) is 5.92 Å². The molecular weight excluding hydrogens is 450 g/mol. The standard InChI is InChI=1S/C26H31N3O6/c1-5-34-23(31)18-6-10-20(11-7-18)27-22(30)16-29-24(32)26(4,28-25(29)33)19-8-12-21(13-9-19)35-15-14-17(2)3/h6-13,17H,5,14-16H2,1-4H3,(H,27,30)(H,28,33)/t26-/m0/s1. The number of carbonyl (C=O) groups excluding carboxylic acids is 4. The minimum absolute atomic E-state index is 0.262. The summed E-state index contributed by atoms with van der Waals surface area (Å²) in [6, 6.07) is 12.5. The predicted molar refractivity (Wildman–Crippen MR) is 130 cm³/mol. The van der Waals surface area contributed by atoms with E-state index in [0.29, 0.717) is 35.1 Å². The van der Waals surface area contributed by atoms with Gasteiger partial charge in [-0.2, -0.15) is 0 Å². The van der Waals surface area contributed by atoms with Gasteiger partial charge in [-0.15, -0.1) is 0 Å². The van der Waals surface area contributed by atoms with Crippen LogP contribution in [0.15, 0.2) is 48.5 Å². The maximum atomic E-state index is 13.1. The van der Waals surface area contributed by atoms with E-state index in [2.05, 4.69) is 24.5 Å². The van der Waals surface area contributed by atoms with E-state index in [1.807, 2.05) is 0 Å². The number of imide groups is 1. The molecule has 9 heteroatoms. The number of anilines is 1. The summed E-state index contributed by atoms with van der Waals surface area (Å²) in [5.41, 5.74) is 0.0660. The quantitative estimate of drug-likeness (QED) is 0.395. The molecule has 3 rings (SSSR count). The number of amides is 4. The molecule has 1 atom stereocenters. The molecule has 1 aliphatic heterocycles. The van der Waals surface area contributed by atoms with Crippen molar-refractivity contribution in [1.82, 2.24) is 10.2 Å². The zero-order valence-electron chi connectivity index (χ0n) is 20.4. The fraction of sp³-hybridized carbons (Fsp3) is 0.385. The number of nitrogens with one attached hydrogen (secondary N) is 2. The van der Waals surface area contributed by atoms with Crippen LogP contribution in [0.5, 0.6) is 5.75 Å². The Labute approximate surface area is 204 Å². The molecule has 1 saturated heterocycles. The predicted octanol–water partition coefficient (Wildman–Crippen LogP) is 3.69. The van der Waals surface area contributed by atoms with Crippen molar-refractivity contribution in [2.24, 2.45) is 5.92 Å². The first kappa shape index (κ1) is 25.7. The summed E-state index contributed by atoms with van der Waals surface area (Å²) in [6.07, 6.45) is 0.931. The molecule has 0 spiro atoms. The van der Waals surface area contributed by atoms with Gasteiger partial charge in [0.05, 0.1) is 18.8 Å². The average molecular weight is 482 g/mol. The van der Waals surface area contributed by atoms with Crippen molar-refractivity contribution < 1.29 is 28.7 Å². The first-order chi connectivity index (χ1) is 16.6. The van der Waals surface area contributed by atoms with Crippen molar-refractivity contribution in [2.45, 2.75) is 39.7 Å². The van der Waals surface area contributed by atoms with Gasteiger partial charge in [-0.05, 0) is 68.1 Å². The normalized spacial score (nSPS) is 17.3. The molecule has 0 unspecified atom stereocenters. The van der Waals surface area contributed by atoms with Crippen LogP contribution >= 0.6 is 0 Å². The molecule has 186 valence electrons. The van der Waals surface area contributed by atoms with Gasteiger partial charge in [-0.3, -0.25) is 14.5 Å². The zero-order valence-corrected chi connectivity index (χ0v) is 20.4. The summed E-state index contributed by atoms with van der Waals surface area (Å²) in [4.78, 5) is 50.8. The Morgan fingerprint density at radius 1 is 1.06 bits per heavy atom. The second-order valence-corrected chi connectivity index (χ2v) is 8.85. The van der Waals surface area contributed by atoms with Crippen molar-refractivity contribution >= 4 is 29.5 Å². The van der Waals surface area contributed by atoms with Gasteiger partial charge in [0.25, 0.3) is 5.91 Å². The number of carbonyl (C=O) groups is 4. The molecule has 35 heavy (non-hydrogen) atoms. The molecule has 2 aromatic rings. The summed E-state index contributed by atoms with van der Waals surface area (Å²) in [7, 11) is 0. The Morgan fingerprint density at radius 2 is 1.71 bits per heavy atom. The monoisotopic (exact) mass is 481 g/mol. The van der Waals surface area contributed by atoms with E-state index in [1.165, 1.54) is 12.1 Å². The van der Waals surface area contributed by atoms with Gasteiger partial charge in [-0.1, -0.05) is 26.0 Å². The topological polar surface area (TPSA) is 114 Å². The summed E-state index contributed by atoms with van der Waals surface area (Å²) < 4.78 is 10.6. The molecule has 0 aliphatic carbocycles. The summed E-state index contributed by atoms with van der Waals surface area (Å²) in [5, 5.41) is 5.32. The Morgan fingerprint density at radius 3 is 2.31 bits per heavy atom. The Bertz CT molecular complexity index is 1080. The molecule has 1 heterocycles. The van der Waals surface area contributed by atoms with E-state index in [4.69, 9.17) is 9.47 Å². The molecule has 2 N–H and O–H groups in total. The Balaban J connectivity index is 1.61. The van der Waals surface area contributed by atoms with Crippen LogP contribution in [0.1, 0.15) is 50.0 Å². The number of hydrogen-bond donors (Lipinski definition) is 2. The van der Waals surface area contributed by atoms with E-state index >= 15 is 0 Å². The van der Waals surface area contributed by atoms with Gasteiger partial charge >= 0.3 is 12.0 Å². The number of esters is 1. The highest BCUT2D eigenvalue weighted by Crippen LogP contribution is 2.30. The van der Waals surface area contributed by atoms with Crippen LogP contribution in [0.4, 0.5) is 10.5 Å². The molecule has 0 aromatic heterocycles. The number of rotatable bonds is 10. The highest BCUT2D eigenvalue weighted by Gasteiger charge is 2.49. The minimum atomic E-state index is -1.30. The molecule has 4 amide bonds. The lowest BCUT2D eigenvalue weighted by molar-refractivity contribution is -0.133. The van der Waals surface area contributed by atoms with Gasteiger partial charge in [0.2, 0.25) is 5.91 Å². The van der Waals surface area contributed by atoms with Gasteiger partial charge in [-0.25, -0.2) is 9.59 Å². The average Bonchev–Trinajstić information content (AvgIpc) is 3.03. The second-order valence-electron chi connectivity index (χ2n) is 8.85. The molecule has 0 radical (unpaired) electrons. The fourth-order valence-electron chi connectivity index (χ4n) is 3.58.